The number of carbonyl (C=O) groups is 3. The van der Waals surface area contributed by atoms with Gasteiger partial charge in [-0.1, -0.05) is 37.1 Å². The highest BCUT2D eigenvalue weighted by Crippen LogP contribution is 2.21. The minimum Gasteiger partial charge on any atom is -0.348 e. The molecule has 7 heteroatoms. The second-order valence-corrected chi connectivity index (χ2v) is 7.91. The molecule has 6 nitrogen and oxygen atoms in total. The van der Waals surface area contributed by atoms with E-state index >= 15 is 0 Å². The quantitative estimate of drug-likeness (QED) is 0.671. The van der Waals surface area contributed by atoms with Crippen molar-refractivity contribution in [2.75, 3.05) is 18.4 Å². The molecule has 0 spiro atoms. The van der Waals surface area contributed by atoms with E-state index in [1.807, 2.05) is 12.1 Å². The van der Waals surface area contributed by atoms with Gasteiger partial charge in [0.15, 0.2) is 0 Å². The molecule has 1 aliphatic rings. The number of rotatable bonds is 8. The van der Waals surface area contributed by atoms with Gasteiger partial charge in [0.1, 0.15) is 0 Å². The maximum atomic E-state index is 12.5. The van der Waals surface area contributed by atoms with Gasteiger partial charge in [-0.2, -0.15) is 0 Å². The van der Waals surface area contributed by atoms with Crippen molar-refractivity contribution in [3.05, 3.63) is 64.7 Å². The Labute approximate surface area is 181 Å². The fourth-order valence-corrected chi connectivity index (χ4v) is 3.47. The lowest BCUT2D eigenvalue weighted by molar-refractivity contribution is -0.128. The van der Waals surface area contributed by atoms with Crippen LogP contribution in [0.1, 0.15) is 42.1 Å². The van der Waals surface area contributed by atoms with E-state index in [0.29, 0.717) is 35.9 Å². The van der Waals surface area contributed by atoms with Crippen LogP contribution >= 0.6 is 11.6 Å². The van der Waals surface area contributed by atoms with Crippen LogP contribution in [0.2, 0.25) is 5.02 Å². The van der Waals surface area contributed by atoms with Gasteiger partial charge in [-0.3, -0.25) is 14.4 Å². The van der Waals surface area contributed by atoms with Gasteiger partial charge in [0, 0.05) is 42.3 Å². The molecule has 2 N–H and O–H groups in total. The lowest BCUT2D eigenvalue weighted by Gasteiger charge is -2.16. The highest BCUT2D eigenvalue weighted by Gasteiger charge is 2.33. The van der Waals surface area contributed by atoms with E-state index in [0.717, 1.165) is 18.4 Å². The third-order valence-electron chi connectivity index (χ3n) is 5.15. The summed E-state index contributed by atoms with van der Waals surface area (Å²) in [6, 6.07) is 14.0. The number of likely N-dealkylation sites (tertiary alicyclic amines) is 1. The van der Waals surface area contributed by atoms with Crippen LogP contribution in [0.25, 0.3) is 0 Å². The molecule has 1 atom stereocenters. The monoisotopic (exact) mass is 427 g/mol. The normalized spacial score (nSPS) is 15.9. The molecular formula is C23H26ClN3O3. The molecule has 1 aliphatic heterocycles. The van der Waals surface area contributed by atoms with E-state index in [1.54, 1.807) is 41.3 Å². The van der Waals surface area contributed by atoms with Crippen molar-refractivity contribution in [1.29, 1.82) is 0 Å². The molecule has 0 radical (unpaired) electrons. The Morgan fingerprint density at radius 3 is 2.47 bits per heavy atom. The van der Waals surface area contributed by atoms with Crippen molar-refractivity contribution in [2.45, 2.75) is 32.7 Å². The third kappa shape index (κ3) is 5.83. The van der Waals surface area contributed by atoms with Crippen LogP contribution in [0.5, 0.6) is 0 Å². The van der Waals surface area contributed by atoms with Crippen molar-refractivity contribution in [3.63, 3.8) is 0 Å². The number of nitrogens with one attached hydrogen (secondary N) is 2. The molecule has 30 heavy (non-hydrogen) atoms. The van der Waals surface area contributed by atoms with E-state index in [-0.39, 0.29) is 30.1 Å². The molecule has 1 fully saturated rings. The summed E-state index contributed by atoms with van der Waals surface area (Å²) in [6.07, 6.45) is 2.21. The van der Waals surface area contributed by atoms with Gasteiger partial charge in [-0.15, -0.1) is 0 Å². The average Bonchev–Trinajstić information content (AvgIpc) is 3.13. The Morgan fingerprint density at radius 2 is 1.80 bits per heavy atom. The van der Waals surface area contributed by atoms with Crippen molar-refractivity contribution >= 4 is 35.0 Å². The summed E-state index contributed by atoms with van der Waals surface area (Å²) < 4.78 is 0. The van der Waals surface area contributed by atoms with Crippen LogP contribution < -0.4 is 10.6 Å². The predicted molar refractivity (Wildman–Crippen MR) is 117 cm³/mol. The van der Waals surface area contributed by atoms with Crippen LogP contribution in [0.3, 0.4) is 0 Å². The highest BCUT2D eigenvalue weighted by atomic mass is 35.5. The molecule has 0 bridgehead atoms. The maximum absolute atomic E-state index is 12.5. The van der Waals surface area contributed by atoms with E-state index < -0.39 is 0 Å². The Kier molecular flexibility index (Phi) is 7.46. The molecule has 0 aliphatic carbocycles. The number of nitrogens with zero attached hydrogens (tertiary/aromatic N) is 1. The van der Waals surface area contributed by atoms with Crippen molar-refractivity contribution < 1.29 is 14.4 Å². The zero-order chi connectivity index (χ0) is 21.5. The van der Waals surface area contributed by atoms with Crippen LogP contribution in [-0.2, 0) is 16.1 Å². The predicted octanol–water partition coefficient (Wildman–Crippen LogP) is 3.86. The second-order valence-electron chi connectivity index (χ2n) is 7.47. The summed E-state index contributed by atoms with van der Waals surface area (Å²) in [4.78, 5) is 38.6. The molecule has 1 saturated heterocycles. The van der Waals surface area contributed by atoms with Crippen LogP contribution in [-0.4, -0.2) is 35.7 Å². The summed E-state index contributed by atoms with van der Waals surface area (Å²) in [5.41, 5.74) is 2.06. The van der Waals surface area contributed by atoms with Crippen LogP contribution in [0, 0.1) is 5.92 Å². The molecule has 0 saturated carbocycles. The Balaban J connectivity index is 1.50. The third-order valence-corrected chi connectivity index (χ3v) is 5.40. The van der Waals surface area contributed by atoms with Gasteiger partial charge in [0.05, 0.1) is 5.92 Å². The first-order chi connectivity index (χ1) is 14.5. The smallest absolute Gasteiger partial charge is 0.251 e. The number of benzene rings is 2. The first kappa shape index (κ1) is 21.8. The lowest BCUT2D eigenvalue weighted by Crippen LogP contribution is -2.29. The minimum absolute atomic E-state index is 0.0382. The lowest BCUT2D eigenvalue weighted by atomic mass is 10.1. The van der Waals surface area contributed by atoms with Gasteiger partial charge in [0.25, 0.3) is 5.91 Å². The zero-order valence-corrected chi connectivity index (χ0v) is 17.7. The first-order valence-electron chi connectivity index (χ1n) is 10.2. The first-order valence-corrected chi connectivity index (χ1v) is 10.6. The minimum atomic E-state index is -0.336. The Bertz CT molecular complexity index is 897. The van der Waals surface area contributed by atoms with Crippen molar-refractivity contribution in [1.82, 2.24) is 10.2 Å². The number of amides is 3. The van der Waals surface area contributed by atoms with Crippen molar-refractivity contribution in [2.24, 2.45) is 5.92 Å². The molecular weight excluding hydrogens is 402 g/mol. The molecule has 158 valence electrons. The van der Waals surface area contributed by atoms with Crippen LogP contribution in [0.15, 0.2) is 48.5 Å². The largest absolute Gasteiger partial charge is 0.348 e. The molecule has 3 amide bonds. The summed E-state index contributed by atoms with van der Waals surface area (Å²) in [5.74, 6) is -0.661. The second kappa shape index (κ2) is 10.3. The van der Waals surface area contributed by atoms with Crippen LogP contribution in [0.4, 0.5) is 5.69 Å². The van der Waals surface area contributed by atoms with E-state index in [1.165, 1.54) is 0 Å². The zero-order valence-electron chi connectivity index (χ0n) is 17.0. The van der Waals surface area contributed by atoms with Crippen molar-refractivity contribution in [3.8, 4) is 0 Å². The highest BCUT2D eigenvalue weighted by molar-refractivity contribution is 6.30. The topological polar surface area (TPSA) is 78.5 Å². The molecule has 1 heterocycles. The molecule has 0 aromatic heterocycles. The number of anilines is 1. The summed E-state index contributed by atoms with van der Waals surface area (Å²) in [5, 5.41) is 6.35. The van der Waals surface area contributed by atoms with Gasteiger partial charge in [0.2, 0.25) is 11.8 Å². The van der Waals surface area contributed by atoms with E-state index in [2.05, 4.69) is 17.6 Å². The molecule has 1 unspecified atom stereocenters. The van der Waals surface area contributed by atoms with E-state index in [9.17, 15) is 14.4 Å². The van der Waals surface area contributed by atoms with Gasteiger partial charge in [-0.05, 0) is 48.4 Å². The standard InChI is InChI=1S/C23H26ClN3O3/c1-2-3-12-27-15-18(13-21(27)28)23(30)26-20-10-6-17(7-11-20)22(29)25-14-16-4-8-19(24)9-5-16/h4-11,18H,2-3,12-15H2,1H3,(H,25,29)(H,26,30). The Morgan fingerprint density at radius 1 is 1.10 bits per heavy atom. The fourth-order valence-electron chi connectivity index (χ4n) is 3.35. The molecule has 2 aromatic rings. The number of hydrogen-bond acceptors (Lipinski definition) is 3. The van der Waals surface area contributed by atoms with E-state index in [4.69, 9.17) is 11.6 Å². The number of unbranched alkanes of at least 4 members (excludes halogenated alkanes) is 1. The van der Waals surface area contributed by atoms with Gasteiger partial charge >= 0.3 is 0 Å². The molecule has 3 rings (SSSR count). The summed E-state index contributed by atoms with van der Waals surface area (Å²) >= 11 is 5.86. The Hall–Kier alpha value is -2.86. The number of hydrogen-bond donors (Lipinski definition) is 2. The SMILES string of the molecule is CCCCN1CC(C(=O)Nc2ccc(C(=O)NCc3ccc(Cl)cc3)cc2)CC1=O. The fraction of sp³-hybridized carbons (Fsp3) is 0.348. The van der Waals surface area contributed by atoms with Gasteiger partial charge in [-0.25, -0.2) is 0 Å². The summed E-state index contributed by atoms with van der Waals surface area (Å²) in [6.45, 7) is 3.65. The maximum Gasteiger partial charge on any atom is 0.251 e. The average molecular weight is 428 g/mol. The summed E-state index contributed by atoms with van der Waals surface area (Å²) in [7, 11) is 0. The number of carbonyl (C=O) groups excluding carboxylic acids is 3. The van der Waals surface area contributed by atoms with Gasteiger partial charge < -0.3 is 15.5 Å². The number of halogens is 1. The molecule has 2 aromatic carbocycles.